The first-order valence-corrected chi connectivity index (χ1v) is 7.72. The molecule has 0 bridgehead atoms. The fourth-order valence-corrected chi connectivity index (χ4v) is 3.68. The number of carbonyl (C=O) groups is 1. The van der Waals surface area contributed by atoms with Crippen molar-refractivity contribution in [3.8, 4) is 17.2 Å². The Morgan fingerprint density at radius 3 is 2.40 bits per heavy atom. The number of benzene rings is 1. The topological polar surface area (TPSA) is 44.8 Å². The van der Waals surface area contributed by atoms with Crippen molar-refractivity contribution < 1.29 is 19.0 Å². The minimum atomic E-state index is 0.0238. The molecular weight excluding hydrogens is 276 g/mol. The van der Waals surface area contributed by atoms with E-state index in [0.717, 1.165) is 18.6 Å². The summed E-state index contributed by atoms with van der Waals surface area (Å²) in [5, 5.41) is 0.0238. The van der Waals surface area contributed by atoms with E-state index in [1.54, 1.807) is 45.2 Å². The summed E-state index contributed by atoms with van der Waals surface area (Å²) in [5.74, 6) is 2.67. The van der Waals surface area contributed by atoms with Gasteiger partial charge in [0.15, 0.2) is 17.3 Å². The molecule has 1 saturated heterocycles. The van der Waals surface area contributed by atoms with Gasteiger partial charge in [0.05, 0.1) is 32.1 Å². The van der Waals surface area contributed by atoms with E-state index in [1.165, 1.54) is 6.42 Å². The van der Waals surface area contributed by atoms with Crippen LogP contribution < -0.4 is 14.2 Å². The average Bonchev–Trinajstić information content (AvgIpc) is 2.53. The SMILES string of the molecule is COc1ccc(C(=O)C2CCCCS2)c(OC)c1OC. The van der Waals surface area contributed by atoms with E-state index in [1.807, 2.05) is 0 Å². The highest BCUT2D eigenvalue weighted by atomic mass is 32.2. The third kappa shape index (κ3) is 2.87. The zero-order valence-corrected chi connectivity index (χ0v) is 12.9. The Bertz CT molecular complexity index is 481. The smallest absolute Gasteiger partial charge is 0.204 e. The number of rotatable bonds is 5. The molecule has 1 heterocycles. The number of ether oxygens (including phenoxy) is 3. The lowest BCUT2D eigenvalue weighted by molar-refractivity contribution is 0.0981. The van der Waals surface area contributed by atoms with Gasteiger partial charge in [-0.15, -0.1) is 0 Å². The van der Waals surface area contributed by atoms with E-state index in [4.69, 9.17) is 14.2 Å². The minimum Gasteiger partial charge on any atom is -0.493 e. The van der Waals surface area contributed by atoms with Gasteiger partial charge in [-0.25, -0.2) is 0 Å². The Hall–Kier alpha value is -1.36. The Kier molecular flexibility index (Phi) is 5.17. The molecule has 5 heteroatoms. The Morgan fingerprint density at radius 1 is 1.10 bits per heavy atom. The van der Waals surface area contributed by atoms with E-state index in [0.29, 0.717) is 22.8 Å². The van der Waals surface area contributed by atoms with Crippen LogP contribution in [0.15, 0.2) is 12.1 Å². The van der Waals surface area contributed by atoms with Crippen LogP contribution in [0.5, 0.6) is 17.2 Å². The molecule has 1 atom stereocenters. The molecule has 0 amide bonds. The highest BCUT2D eigenvalue weighted by molar-refractivity contribution is 8.00. The van der Waals surface area contributed by atoms with Crippen molar-refractivity contribution in [2.24, 2.45) is 0 Å². The van der Waals surface area contributed by atoms with Crippen LogP contribution >= 0.6 is 11.8 Å². The van der Waals surface area contributed by atoms with Gasteiger partial charge in [0.2, 0.25) is 5.75 Å². The lowest BCUT2D eigenvalue weighted by Gasteiger charge is -2.22. The number of methoxy groups -OCH3 is 3. The molecule has 0 aromatic heterocycles. The van der Waals surface area contributed by atoms with Crippen molar-refractivity contribution in [1.82, 2.24) is 0 Å². The quantitative estimate of drug-likeness (QED) is 0.781. The Balaban J connectivity index is 2.37. The highest BCUT2D eigenvalue weighted by Gasteiger charge is 2.28. The first kappa shape index (κ1) is 15.0. The van der Waals surface area contributed by atoms with Gasteiger partial charge in [0, 0.05) is 0 Å². The van der Waals surface area contributed by atoms with Gasteiger partial charge in [-0.3, -0.25) is 4.79 Å². The van der Waals surface area contributed by atoms with Crippen LogP contribution in [-0.2, 0) is 0 Å². The molecule has 4 nitrogen and oxygen atoms in total. The number of hydrogen-bond donors (Lipinski definition) is 0. The summed E-state index contributed by atoms with van der Waals surface area (Å²) in [7, 11) is 4.65. The number of Topliss-reactive ketones (excluding diaryl/α,β-unsaturated/α-hetero) is 1. The van der Waals surface area contributed by atoms with Crippen molar-refractivity contribution in [2.75, 3.05) is 27.1 Å². The molecule has 20 heavy (non-hydrogen) atoms. The maximum Gasteiger partial charge on any atom is 0.204 e. The van der Waals surface area contributed by atoms with Gasteiger partial charge in [0.25, 0.3) is 0 Å². The second-order valence-corrected chi connectivity index (χ2v) is 5.91. The van der Waals surface area contributed by atoms with Crippen LogP contribution in [0.25, 0.3) is 0 Å². The maximum absolute atomic E-state index is 12.7. The van der Waals surface area contributed by atoms with Gasteiger partial charge in [-0.1, -0.05) is 6.42 Å². The minimum absolute atomic E-state index is 0.0238. The number of carbonyl (C=O) groups excluding carboxylic acids is 1. The average molecular weight is 296 g/mol. The van der Waals surface area contributed by atoms with Crippen molar-refractivity contribution in [2.45, 2.75) is 24.5 Å². The van der Waals surface area contributed by atoms with Crippen molar-refractivity contribution in [3.05, 3.63) is 17.7 Å². The zero-order chi connectivity index (χ0) is 14.5. The van der Waals surface area contributed by atoms with Crippen molar-refractivity contribution in [1.29, 1.82) is 0 Å². The standard InChI is InChI=1S/C15H20O4S/c1-17-11-8-7-10(14(18-2)15(11)19-3)13(16)12-6-4-5-9-20-12/h7-8,12H,4-6,9H2,1-3H3. The second-order valence-electron chi connectivity index (χ2n) is 4.60. The fourth-order valence-electron chi connectivity index (χ4n) is 2.42. The van der Waals surface area contributed by atoms with Gasteiger partial charge < -0.3 is 14.2 Å². The molecule has 0 aliphatic carbocycles. The fraction of sp³-hybridized carbons (Fsp3) is 0.533. The number of thioether (sulfide) groups is 1. The van der Waals surface area contributed by atoms with Crippen molar-refractivity contribution in [3.63, 3.8) is 0 Å². The van der Waals surface area contributed by atoms with Crippen LogP contribution in [0.4, 0.5) is 0 Å². The molecule has 2 rings (SSSR count). The molecule has 1 aromatic rings. The Labute approximate surface area is 123 Å². The summed E-state index contributed by atoms with van der Waals surface area (Å²) < 4.78 is 16.0. The maximum atomic E-state index is 12.7. The third-order valence-corrected chi connectivity index (χ3v) is 4.82. The van der Waals surface area contributed by atoms with E-state index < -0.39 is 0 Å². The predicted octanol–water partition coefficient (Wildman–Crippen LogP) is 3.18. The molecule has 0 N–H and O–H groups in total. The predicted molar refractivity (Wildman–Crippen MR) is 80.5 cm³/mol. The van der Waals surface area contributed by atoms with Crippen LogP contribution in [-0.4, -0.2) is 38.1 Å². The van der Waals surface area contributed by atoms with E-state index in [2.05, 4.69) is 0 Å². The summed E-state index contributed by atoms with van der Waals surface area (Å²) in [6, 6.07) is 3.51. The molecule has 1 unspecified atom stereocenters. The summed E-state index contributed by atoms with van der Waals surface area (Å²) in [6.07, 6.45) is 3.23. The summed E-state index contributed by atoms with van der Waals surface area (Å²) >= 11 is 1.73. The first-order chi connectivity index (χ1) is 9.72. The highest BCUT2D eigenvalue weighted by Crippen LogP contribution is 2.41. The van der Waals surface area contributed by atoms with E-state index >= 15 is 0 Å². The number of ketones is 1. The lowest BCUT2D eigenvalue weighted by Crippen LogP contribution is -2.21. The third-order valence-electron chi connectivity index (χ3n) is 3.44. The lowest BCUT2D eigenvalue weighted by atomic mass is 10.0. The molecule has 0 saturated carbocycles. The van der Waals surface area contributed by atoms with Crippen molar-refractivity contribution >= 4 is 17.5 Å². The van der Waals surface area contributed by atoms with E-state index in [9.17, 15) is 4.79 Å². The largest absolute Gasteiger partial charge is 0.493 e. The molecule has 0 radical (unpaired) electrons. The molecule has 110 valence electrons. The molecule has 0 spiro atoms. The molecule has 1 aliphatic heterocycles. The van der Waals surface area contributed by atoms with E-state index in [-0.39, 0.29) is 11.0 Å². The molecular formula is C15H20O4S. The van der Waals surface area contributed by atoms with Gasteiger partial charge in [-0.05, 0) is 30.7 Å². The summed E-state index contributed by atoms with van der Waals surface area (Å²) in [5.41, 5.74) is 0.574. The van der Waals surface area contributed by atoms with Crippen LogP contribution in [0.2, 0.25) is 0 Å². The van der Waals surface area contributed by atoms with Gasteiger partial charge >= 0.3 is 0 Å². The summed E-state index contributed by atoms with van der Waals surface area (Å²) in [6.45, 7) is 0. The molecule has 1 aromatic carbocycles. The Morgan fingerprint density at radius 2 is 1.85 bits per heavy atom. The van der Waals surface area contributed by atoms with Crippen LogP contribution in [0, 0.1) is 0 Å². The molecule has 1 aliphatic rings. The van der Waals surface area contributed by atoms with Gasteiger partial charge in [-0.2, -0.15) is 11.8 Å². The zero-order valence-electron chi connectivity index (χ0n) is 12.1. The normalized spacial score (nSPS) is 18.4. The monoisotopic (exact) mass is 296 g/mol. The second kappa shape index (κ2) is 6.88. The first-order valence-electron chi connectivity index (χ1n) is 6.67. The summed E-state index contributed by atoms with van der Waals surface area (Å²) in [4.78, 5) is 12.7. The van der Waals surface area contributed by atoms with Crippen LogP contribution in [0.3, 0.4) is 0 Å². The van der Waals surface area contributed by atoms with Crippen LogP contribution in [0.1, 0.15) is 29.6 Å². The van der Waals surface area contributed by atoms with Gasteiger partial charge in [0.1, 0.15) is 0 Å². The number of hydrogen-bond acceptors (Lipinski definition) is 5. The molecule has 1 fully saturated rings.